The van der Waals surface area contributed by atoms with Crippen molar-refractivity contribution >= 4 is 0 Å². The van der Waals surface area contributed by atoms with Crippen LogP contribution in [0.2, 0.25) is 0 Å². The van der Waals surface area contributed by atoms with E-state index >= 15 is 0 Å². The van der Waals surface area contributed by atoms with E-state index in [1.54, 1.807) is 6.07 Å². The van der Waals surface area contributed by atoms with Crippen LogP contribution in [0.3, 0.4) is 0 Å². The van der Waals surface area contributed by atoms with Gasteiger partial charge in [0.05, 0.1) is 7.11 Å². The molecule has 0 amide bonds. The lowest BCUT2D eigenvalue weighted by Crippen LogP contribution is -2.31. The summed E-state index contributed by atoms with van der Waals surface area (Å²) in [6.45, 7) is 5.40. The van der Waals surface area contributed by atoms with Gasteiger partial charge in [0.2, 0.25) is 0 Å². The molecule has 1 atom stereocenters. The van der Waals surface area contributed by atoms with Crippen LogP contribution in [-0.4, -0.2) is 31.6 Å². The molecule has 1 aromatic carbocycles. The van der Waals surface area contributed by atoms with Crippen molar-refractivity contribution < 1.29 is 9.13 Å². The molecule has 1 heterocycles. The minimum atomic E-state index is -0.249. The average molecular weight is 252 g/mol. The van der Waals surface area contributed by atoms with Crippen molar-refractivity contribution in [1.29, 1.82) is 0 Å². The first-order valence-corrected chi connectivity index (χ1v) is 6.32. The fraction of sp³-hybridized carbons (Fsp3) is 0.571. The largest absolute Gasteiger partial charge is 0.494 e. The summed E-state index contributed by atoms with van der Waals surface area (Å²) >= 11 is 0. The Morgan fingerprint density at radius 2 is 2.28 bits per heavy atom. The van der Waals surface area contributed by atoms with E-state index in [1.165, 1.54) is 7.11 Å². The highest BCUT2D eigenvalue weighted by Crippen LogP contribution is 2.30. The third-order valence-electron chi connectivity index (χ3n) is 3.79. The van der Waals surface area contributed by atoms with E-state index in [0.717, 1.165) is 19.5 Å². The second kappa shape index (κ2) is 5.24. The zero-order chi connectivity index (χ0) is 13.2. The van der Waals surface area contributed by atoms with Crippen LogP contribution in [0, 0.1) is 11.2 Å². The first-order chi connectivity index (χ1) is 8.58. The maximum Gasteiger partial charge on any atom is 0.169 e. The van der Waals surface area contributed by atoms with Crippen LogP contribution in [0.5, 0.6) is 5.75 Å². The molecule has 0 spiro atoms. The van der Waals surface area contributed by atoms with Gasteiger partial charge in [0.1, 0.15) is 0 Å². The molecular formula is C14H21FN2O. The summed E-state index contributed by atoms with van der Waals surface area (Å²) in [7, 11) is 1.49. The number of hydrogen-bond donors (Lipinski definition) is 1. The van der Waals surface area contributed by atoms with E-state index in [9.17, 15) is 4.39 Å². The van der Waals surface area contributed by atoms with E-state index in [4.69, 9.17) is 10.5 Å². The van der Waals surface area contributed by atoms with Crippen LogP contribution in [0.25, 0.3) is 0 Å². The van der Waals surface area contributed by atoms with Gasteiger partial charge in [-0.25, -0.2) is 4.39 Å². The van der Waals surface area contributed by atoms with Gasteiger partial charge in [-0.3, -0.25) is 4.90 Å². The average Bonchev–Trinajstić information content (AvgIpc) is 2.75. The highest BCUT2D eigenvalue weighted by Gasteiger charge is 2.32. The molecule has 3 nitrogen and oxygen atoms in total. The van der Waals surface area contributed by atoms with E-state index in [2.05, 4.69) is 11.8 Å². The number of likely N-dealkylation sites (tertiary alicyclic amines) is 1. The highest BCUT2D eigenvalue weighted by molar-refractivity contribution is 5.31. The summed E-state index contributed by atoms with van der Waals surface area (Å²) in [5, 5.41) is 0. The van der Waals surface area contributed by atoms with E-state index in [-0.39, 0.29) is 11.2 Å². The lowest BCUT2D eigenvalue weighted by molar-refractivity contribution is 0.270. The van der Waals surface area contributed by atoms with Crippen molar-refractivity contribution in [2.24, 2.45) is 11.1 Å². The molecule has 1 unspecified atom stereocenters. The minimum Gasteiger partial charge on any atom is -0.494 e. The molecule has 1 aliphatic rings. The van der Waals surface area contributed by atoms with Crippen LogP contribution in [0.4, 0.5) is 4.39 Å². The Labute approximate surface area is 108 Å². The standard InChI is InChI=1S/C14H21FN2O/c1-14(9-16)6-7-17(10-14)8-11-4-3-5-12(18-2)13(11)15/h3-5H,6-10,16H2,1-2H3. The van der Waals surface area contributed by atoms with Crippen LogP contribution >= 0.6 is 0 Å². The third-order valence-corrected chi connectivity index (χ3v) is 3.79. The normalized spacial score (nSPS) is 24.4. The third kappa shape index (κ3) is 2.65. The summed E-state index contributed by atoms with van der Waals surface area (Å²) in [6, 6.07) is 5.29. The molecule has 1 fully saturated rings. The number of nitrogens with zero attached hydrogens (tertiary/aromatic N) is 1. The lowest BCUT2D eigenvalue weighted by Gasteiger charge is -2.22. The molecule has 0 saturated carbocycles. The number of hydrogen-bond acceptors (Lipinski definition) is 3. The molecule has 18 heavy (non-hydrogen) atoms. The van der Waals surface area contributed by atoms with E-state index < -0.39 is 0 Å². The molecule has 2 N–H and O–H groups in total. The van der Waals surface area contributed by atoms with Gasteiger partial charge in [-0.2, -0.15) is 0 Å². The number of rotatable bonds is 4. The summed E-state index contributed by atoms with van der Waals surface area (Å²) in [6.07, 6.45) is 1.08. The second-order valence-electron chi connectivity index (χ2n) is 5.41. The van der Waals surface area contributed by atoms with E-state index in [0.29, 0.717) is 24.4 Å². The zero-order valence-electron chi connectivity index (χ0n) is 11.1. The van der Waals surface area contributed by atoms with Crippen molar-refractivity contribution in [2.75, 3.05) is 26.7 Å². The van der Waals surface area contributed by atoms with Crippen LogP contribution < -0.4 is 10.5 Å². The van der Waals surface area contributed by atoms with Gasteiger partial charge in [0, 0.05) is 18.7 Å². The Balaban J connectivity index is 2.07. The van der Waals surface area contributed by atoms with Gasteiger partial charge >= 0.3 is 0 Å². The first-order valence-electron chi connectivity index (χ1n) is 6.32. The number of methoxy groups -OCH3 is 1. The minimum absolute atomic E-state index is 0.176. The number of ether oxygens (including phenoxy) is 1. The number of benzene rings is 1. The van der Waals surface area contributed by atoms with Gasteiger partial charge in [-0.05, 0) is 31.0 Å². The second-order valence-corrected chi connectivity index (χ2v) is 5.41. The van der Waals surface area contributed by atoms with Crippen LogP contribution in [0.1, 0.15) is 18.9 Å². The van der Waals surface area contributed by atoms with Gasteiger partial charge in [-0.1, -0.05) is 19.1 Å². The highest BCUT2D eigenvalue weighted by atomic mass is 19.1. The Morgan fingerprint density at radius 1 is 1.50 bits per heavy atom. The molecule has 1 aliphatic heterocycles. The molecule has 0 aromatic heterocycles. The van der Waals surface area contributed by atoms with Crippen LogP contribution in [0.15, 0.2) is 18.2 Å². The maximum atomic E-state index is 14.0. The molecule has 4 heteroatoms. The molecule has 1 saturated heterocycles. The Kier molecular flexibility index (Phi) is 3.88. The van der Waals surface area contributed by atoms with Gasteiger partial charge < -0.3 is 10.5 Å². The van der Waals surface area contributed by atoms with Crippen LogP contribution in [-0.2, 0) is 6.54 Å². The molecule has 0 aliphatic carbocycles. The Morgan fingerprint density at radius 3 is 2.89 bits per heavy atom. The molecule has 100 valence electrons. The summed E-state index contributed by atoms with van der Waals surface area (Å²) in [5.41, 5.74) is 6.64. The van der Waals surface area contributed by atoms with E-state index in [1.807, 2.05) is 12.1 Å². The first kappa shape index (κ1) is 13.3. The van der Waals surface area contributed by atoms with Crippen molar-refractivity contribution in [3.8, 4) is 5.75 Å². The fourth-order valence-corrected chi connectivity index (χ4v) is 2.50. The molecule has 1 aromatic rings. The summed E-state index contributed by atoms with van der Waals surface area (Å²) in [5.74, 6) is 0.0645. The summed E-state index contributed by atoms with van der Waals surface area (Å²) < 4.78 is 19.0. The van der Waals surface area contributed by atoms with Crippen molar-refractivity contribution in [3.63, 3.8) is 0 Å². The topological polar surface area (TPSA) is 38.5 Å². The van der Waals surface area contributed by atoms with Crippen molar-refractivity contribution in [3.05, 3.63) is 29.6 Å². The Hall–Kier alpha value is -1.13. The maximum absolute atomic E-state index is 14.0. The molecule has 2 rings (SSSR count). The Bertz CT molecular complexity index is 424. The van der Waals surface area contributed by atoms with Gasteiger partial charge in [0.25, 0.3) is 0 Å². The monoisotopic (exact) mass is 252 g/mol. The number of halogens is 1. The van der Waals surface area contributed by atoms with Crippen molar-refractivity contribution in [1.82, 2.24) is 4.90 Å². The predicted molar refractivity (Wildman–Crippen MR) is 70.0 cm³/mol. The summed E-state index contributed by atoms with van der Waals surface area (Å²) in [4.78, 5) is 2.25. The SMILES string of the molecule is COc1cccc(CN2CCC(C)(CN)C2)c1F. The molecule has 0 bridgehead atoms. The predicted octanol–water partition coefficient (Wildman–Crippen LogP) is 2.00. The zero-order valence-corrected chi connectivity index (χ0v) is 11.1. The quantitative estimate of drug-likeness (QED) is 0.891. The lowest BCUT2D eigenvalue weighted by atomic mass is 9.90. The van der Waals surface area contributed by atoms with Gasteiger partial charge in [-0.15, -0.1) is 0 Å². The fourth-order valence-electron chi connectivity index (χ4n) is 2.50. The number of nitrogens with two attached hydrogens (primary N) is 1. The van der Waals surface area contributed by atoms with Crippen molar-refractivity contribution in [2.45, 2.75) is 19.9 Å². The van der Waals surface area contributed by atoms with Gasteiger partial charge in [0.15, 0.2) is 11.6 Å². The molecule has 0 radical (unpaired) electrons. The smallest absolute Gasteiger partial charge is 0.169 e. The molecular weight excluding hydrogens is 231 g/mol.